The van der Waals surface area contributed by atoms with Crippen molar-refractivity contribution in [2.75, 3.05) is 52.4 Å². The number of hydrogen-bond acceptors (Lipinski definition) is 11. The number of halogens is 3. The number of imide groups is 2. The van der Waals surface area contributed by atoms with E-state index in [2.05, 4.69) is 112 Å². The fourth-order valence-corrected chi connectivity index (χ4v) is 8.10. The molecule has 0 bridgehead atoms. The summed E-state index contributed by atoms with van der Waals surface area (Å²) in [6, 6.07) is 36.1. The molecule has 7 rings (SSSR count). The first-order valence-corrected chi connectivity index (χ1v) is 32.0. The van der Waals surface area contributed by atoms with Gasteiger partial charge in [-0.2, -0.15) is 0 Å². The van der Waals surface area contributed by atoms with Crippen LogP contribution in [0.4, 0.5) is 0 Å². The number of hydrogen-bond donors (Lipinski definition) is 6. The molecule has 95 heavy (non-hydrogen) atoms. The first-order chi connectivity index (χ1) is 43.0. The molecule has 0 unspecified atom stereocenters. The minimum atomic E-state index is -0.345. The molecule has 0 spiro atoms. The van der Waals surface area contributed by atoms with Crippen LogP contribution >= 0.6 is 67.8 Å². The summed E-state index contributed by atoms with van der Waals surface area (Å²) in [6.45, 7) is 21.3. The number of terminal acetylenes is 1. The van der Waals surface area contributed by atoms with Crippen molar-refractivity contribution in [3.05, 3.63) is 189 Å². The van der Waals surface area contributed by atoms with Crippen molar-refractivity contribution in [1.82, 2.24) is 41.7 Å². The van der Waals surface area contributed by atoms with Gasteiger partial charge in [0.05, 0.1) is 5.57 Å². The molecule has 0 saturated heterocycles. The van der Waals surface area contributed by atoms with Gasteiger partial charge in [-0.15, -0.1) is 6.42 Å². The van der Waals surface area contributed by atoms with E-state index in [1.165, 1.54) is 28.0 Å². The van der Waals surface area contributed by atoms with Crippen LogP contribution in [0.2, 0.25) is 0 Å². The SMILES string of the molecule is C.C.C.C#CC(=O)NCC.CCCC(=O)C#Cc1ccc(C(=O)NCC)cc1.CCN1C(=O)C=CC1=O.CCNC(=O)c1ccc(C2=CC(=O)N(CC)C2=O)cc1.CCNC(=O)c1ccc(I)cc1.CCNC(=O)c1ccc(I)cc1.CCNC(=O)c1ccc(I)cc1.[Pd].[Pd]. The van der Waals surface area contributed by atoms with Crippen LogP contribution in [0.1, 0.15) is 160 Å². The Morgan fingerprint density at radius 3 is 0.958 bits per heavy atom. The summed E-state index contributed by atoms with van der Waals surface area (Å²) in [4.78, 5) is 125. The Morgan fingerprint density at radius 2 is 0.716 bits per heavy atom. The van der Waals surface area contributed by atoms with Crippen molar-refractivity contribution >= 4 is 138 Å². The van der Waals surface area contributed by atoms with E-state index in [1.54, 1.807) is 62.4 Å². The maximum atomic E-state index is 12.0. The van der Waals surface area contributed by atoms with E-state index >= 15 is 0 Å². The molecule has 0 radical (unpaired) electrons. The molecule has 2 aliphatic rings. The molecular formula is C71H89I3N8O11Pd2. The molecule has 2 aliphatic heterocycles. The largest absolute Gasteiger partial charge is 0.352 e. The van der Waals surface area contributed by atoms with E-state index in [0.717, 1.165) is 39.4 Å². The zero-order valence-electron chi connectivity index (χ0n) is 52.6. The standard InChI is InChI=1S/C15H16N2O3.C15H17NO2.3C9H10INO.C6H7NO2.C5H7NO.3CH4.2Pd/c1-3-16-14(19)11-7-5-10(6-8-11)12-9-13(18)17(4-2)15(12)20;1-3-5-14(17)11-8-12-6-9-13(10-7-12)15(18)16-4-2;3*1-2-11-9(12)7-3-5-8(10)6-4-7;1-2-7-5(8)3-4-6(7)9;1-3-5(7)6-4-2;;;;;/h5-9H,3-4H2,1-2H3,(H,16,19);6-7,9-10H,3-5H2,1-2H3,(H,16,18);3*3-6H,2H2,1H3,(H,11,12);3-4H,2H2,1H3;1H,4H2,2H3,(H,6,7);3*1H4;;. The quantitative estimate of drug-likeness (QED) is 0.0234. The molecule has 0 saturated carbocycles. The van der Waals surface area contributed by atoms with Gasteiger partial charge in [0.25, 0.3) is 59.1 Å². The third kappa shape index (κ3) is 38.4. The summed E-state index contributed by atoms with van der Waals surface area (Å²) < 4.78 is 3.42. The number of carbonyl (C=O) groups is 11. The number of ketones is 1. The van der Waals surface area contributed by atoms with Gasteiger partial charge in [-0.05, 0) is 256 Å². The molecule has 0 fully saturated rings. The number of nitrogens with zero attached hydrogens (tertiary/aromatic N) is 2. The van der Waals surface area contributed by atoms with E-state index in [1.807, 2.05) is 127 Å². The van der Waals surface area contributed by atoms with E-state index in [4.69, 9.17) is 6.42 Å². The van der Waals surface area contributed by atoms with Crippen molar-refractivity contribution < 1.29 is 93.6 Å². The molecular weight excluding hydrogens is 1730 g/mol. The van der Waals surface area contributed by atoms with E-state index in [9.17, 15) is 52.7 Å². The Labute approximate surface area is 630 Å². The summed E-state index contributed by atoms with van der Waals surface area (Å²) in [5, 5.41) is 16.1. The van der Waals surface area contributed by atoms with Crippen molar-refractivity contribution in [2.24, 2.45) is 0 Å². The molecule has 10 amide bonds. The number of carbonyl (C=O) groups excluding carboxylic acids is 11. The monoisotopic (exact) mass is 1820 g/mol. The Kier molecular flexibility index (Phi) is 57.2. The minimum Gasteiger partial charge on any atom is -0.352 e. The van der Waals surface area contributed by atoms with Gasteiger partial charge in [0.1, 0.15) is 0 Å². The van der Waals surface area contributed by atoms with Crippen LogP contribution in [0.25, 0.3) is 5.57 Å². The second kappa shape index (κ2) is 56.2. The topological polar surface area (TPSA) is 266 Å². The Morgan fingerprint density at radius 1 is 0.421 bits per heavy atom. The van der Waals surface area contributed by atoms with E-state index < -0.39 is 0 Å². The average Bonchev–Trinajstić information content (AvgIpc) is 1.68. The van der Waals surface area contributed by atoms with Crippen molar-refractivity contribution in [3.63, 3.8) is 0 Å². The van der Waals surface area contributed by atoms with Crippen LogP contribution in [0.3, 0.4) is 0 Å². The number of rotatable bonds is 16. The molecule has 5 aromatic carbocycles. The van der Waals surface area contributed by atoms with Crippen LogP contribution < -0.4 is 31.9 Å². The summed E-state index contributed by atoms with van der Waals surface area (Å²) >= 11 is 6.63. The van der Waals surface area contributed by atoms with Gasteiger partial charge in [0.2, 0.25) is 5.78 Å². The molecule has 6 N–H and O–H groups in total. The maximum Gasteiger partial charge on any atom is 0.295 e. The summed E-state index contributed by atoms with van der Waals surface area (Å²) in [6.07, 6.45) is 9.90. The number of amides is 10. The van der Waals surface area contributed by atoms with Gasteiger partial charge in [0.15, 0.2) is 0 Å². The number of likely N-dealkylation sites (N-methyl/N-ethyl adjacent to an activating group) is 2. The summed E-state index contributed by atoms with van der Waals surface area (Å²) in [5.41, 5.74) is 5.05. The zero-order valence-corrected chi connectivity index (χ0v) is 62.2. The van der Waals surface area contributed by atoms with Gasteiger partial charge in [-0.25, -0.2) is 0 Å². The van der Waals surface area contributed by atoms with Crippen molar-refractivity contribution in [3.8, 4) is 24.2 Å². The fraction of sp³-hybridized carbons (Fsp3) is 0.310. The second-order valence-electron chi connectivity index (χ2n) is 18.1. The summed E-state index contributed by atoms with van der Waals surface area (Å²) in [5.74, 6) is 5.64. The third-order valence-corrected chi connectivity index (χ3v) is 13.6. The van der Waals surface area contributed by atoms with Crippen molar-refractivity contribution in [1.29, 1.82) is 0 Å². The molecule has 5 aromatic rings. The third-order valence-electron chi connectivity index (χ3n) is 11.4. The Balaban J connectivity index is -0.000000336. The van der Waals surface area contributed by atoms with Gasteiger partial charge in [0, 0.05) is 162 Å². The molecule has 19 nitrogen and oxygen atoms in total. The molecule has 0 aliphatic carbocycles. The van der Waals surface area contributed by atoms with Crippen LogP contribution in [-0.4, -0.2) is 127 Å². The summed E-state index contributed by atoms with van der Waals surface area (Å²) in [7, 11) is 0. The van der Waals surface area contributed by atoms with Gasteiger partial charge < -0.3 is 31.9 Å². The van der Waals surface area contributed by atoms with Crippen LogP contribution in [0, 0.1) is 34.9 Å². The minimum absolute atomic E-state index is 0. The molecule has 24 heteroatoms. The first-order valence-electron chi connectivity index (χ1n) is 28.8. The first kappa shape index (κ1) is 96.7. The van der Waals surface area contributed by atoms with Gasteiger partial charge in [-0.3, -0.25) is 62.5 Å². The smallest absolute Gasteiger partial charge is 0.295 e. The zero-order chi connectivity index (χ0) is 67.6. The number of benzene rings is 5. The Hall–Kier alpha value is -7.02. The second-order valence-corrected chi connectivity index (χ2v) is 21.8. The number of nitrogens with one attached hydrogen (secondary N) is 6. The van der Waals surface area contributed by atoms with Gasteiger partial charge in [-0.1, -0.05) is 47.3 Å². The Bertz CT molecular complexity index is 3230. The van der Waals surface area contributed by atoms with E-state index in [-0.39, 0.29) is 128 Å². The van der Waals surface area contributed by atoms with Crippen LogP contribution in [0.15, 0.2) is 140 Å². The molecule has 2 heterocycles. The van der Waals surface area contributed by atoms with Crippen molar-refractivity contribution in [2.45, 2.75) is 97.4 Å². The van der Waals surface area contributed by atoms with Crippen LogP contribution in [0.5, 0.6) is 0 Å². The average molecular weight is 1820 g/mol. The molecule has 0 aromatic heterocycles. The van der Waals surface area contributed by atoms with Crippen LogP contribution in [-0.2, 0) is 69.6 Å². The molecule has 520 valence electrons. The van der Waals surface area contributed by atoms with E-state index in [0.29, 0.717) is 81.0 Å². The predicted octanol–water partition coefficient (Wildman–Crippen LogP) is 11.1. The fourth-order valence-electron chi connectivity index (χ4n) is 7.02. The number of Topliss-reactive ketones (excluding diaryl/α,β-unsaturated/α-hetero) is 1. The molecule has 0 atom stereocenters. The maximum absolute atomic E-state index is 12.0. The predicted molar refractivity (Wildman–Crippen MR) is 397 cm³/mol. The normalized spacial score (nSPS) is 10.6. The van der Waals surface area contributed by atoms with Gasteiger partial charge >= 0.3 is 0 Å².